The molecule has 9 heteroatoms. The van der Waals surface area contributed by atoms with Gasteiger partial charge >= 0.3 is 10.4 Å². The summed E-state index contributed by atoms with van der Waals surface area (Å²) < 4.78 is 30.6. The molecule has 0 aromatic heterocycles. The van der Waals surface area contributed by atoms with Gasteiger partial charge in [-0.25, -0.2) is 0 Å². The smallest absolute Gasteiger partial charge is 0.501 e. The first-order valence-corrected chi connectivity index (χ1v) is 4.93. The summed E-state index contributed by atoms with van der Waals surface area (Å²) in [5.74, 6) is -2.96. The molecular formula is C6H6N2O6S. The first kappa shape index (κ1) is 9.52. The molecular weight excluding hydrogens is 228 g/mol. The van der Waals surface area contributed by atoms with Gasteiger partial charge in [0.05, 0.1) is 0 Å². The van der Waals surface area contributed by atoms with Gasteiger partial charge in [-0.2, -0.15) is 0 Å². The molecule has 0 saturated heterocycles. The SMILES string of the molecule is Nc1c(N)c2c(O)c(O)c1OS(=O)(=O)O2. The zero-order chi connectivity index (χ0) is 11.4. The van der Waals surface area contributed by atoms with E-state index in [1.54, 1.807) is 0 Å². The number of phenols is 2. The van der Waals surface area contributed by atoms with E-state index in [-0.39, 0.29) is 11.4 Å². The van der Waals surface area contributed by atoms with Crippen LogP contribution in [-0.4, -0.2) is 18.6 Å². The highest BCUT2D eigenvalue weighted by atomic mass is 32.3. The number of phenolic OH excluding ortho intramolecular Hbond substituents is 2. The Morgan fingerprint density at radius 2 is 1.27 bits per heavy atom. The number of benzene rings is 1. The first-order valence-electron chi connectivity index (χ1n) is 3.60. The average Bonchev–Trinajstić information content (AvgIpc) is 2.29. The van der Waals surface area contributed by atoms with Gasteiger partial charge in [-0.3, -0.25) is 0 Å². The van der Waals surface area contributed by atoms with Crippen molar-refractivity contribution in [1.29, 1.82) is 0 Å². The number of hydrogen-bond acceptors (Lipinski definition) is 8. The van der Waals surface area contributed by atoms with E-state index in [0.29, 0.717) is 0 Å². The molecule has 15 heavy (non-hydrogen) atoms. The molecule has 0 spiro atoms. The number of anilines is 2. The summed E-state index contributed by atoms with van der Waals surface area (Å²) >= 11 is 0. The lowest BCUT2D eigenvalue weighted by Crippen LogP contribution is -2.14. The molecule has 0 aliphatic carbocycles. The normalized spacial score (nSPS) is 16.5. The second kappa shape index (κ2) is 2.51. The molecule has 1 aromatic rings. The molecule has 0 amide bonds. The van der Waals surface area contributed by atoms with Gasteiger partial charge in [0, 0.05) is 0 Å². The molecule has 2 aliphatic heterocycles. The van der Waals surface area contributed by atoms with Crippen molar-refractivity contribution in [1.82, 2.24) is 0 Å². The van der Waals surface area contributed by atoms with E-state index in [0.717, 1.165) is 0 Å². The molecule has 82 valence electrons. The monoisotopic (exact) mass is 234 g/mol. The minimum atomic E-state index is -4.42. The topological polar surface area (TPSA) is 145 Å². The van der Waals surface area contributed by atoms with Crippen LogP contribution in [0.3, 0.4) is 0 Å². The highest BCUT2D eigenvalue weighted by Crippen LogP contribution is 2.54. The lowest BCUT2D eigenvalue weighted by molar-refractivity contribution is 0.389. The molecule has 1 aromatic carbocycles. The van der Waals surface area contributed by atoms with Crippen molar-refractivity contribution in [2.75, 3.05) is 11.5 Å². The highest BCUT2D eigenvalue weighted by Gasteiger charge is 2.34. The van der Waals surface area contributed by atoms with Crippen molar-refractivity contribution in [3.8, 4) is 23.0 Å². The number of rotatable bonds is 0. The van der Waals surface area contributed by atoms with E-state index in [4.69, 9.17) is 11.5 Å². The van der Waals surface area contributed by atoms with E-state index in [1.165, 1.54) is 0 Å². The Morgan fingerprint density at radius 3 is 1.60 bits per heavy atom. The highest BCUT2D eigenvalue weighted by molar-refractivity contribution is 7.82. The molecule has 3 rings (SSSR count). The van der Waals surface area contributed by atoms with Crippen LogP contribution >= 0.6 is 0 Å². The molecule has 0 unspecified atom stereocenters. The fourth-order valence-electron chi connectivity index (χ4n) is 1.10. The molecule has 0 fully saturated rings. The van der Waals surface area contributed by atoms with Gasteiger partial charge in [-0.1, -0.05) is 0 Å². The maximum atomic E-state index is 11.0. The first-order chi connectivity index (χ1) is 6.83. The maximum Gasteiger partial charge on any atom is 0.501 e. The Labute approximate surface area is 84.0 Å². The largest absolute Gasteiger partial charge is 0.502 e. The van der Waals surface area contributed by atoms with E-state index in [9.17, 15) is 18.6 Å². The quantitative estimate of drug-likeness (QED) is 0.261. The van der Waals surface area contributed by atoms with Crippen molar-refractivity contribution in [2.24, 2.45) is 0 Å². The van der Waals surface area contributed by atoms with Crippen LogP contribution in [0.2, 0.25) is 0 Å². The summed E-state index contributed by atoms with van der Waals surface area (Å²) in [5, 5.41) is 18.6. The van der Waals surface area contributed by atoms with Crippen molar-refractivity contribution in [3.63, 3.8) is 0 Å². The van der Waals surface area contributed by atoms with Crippen LogP contribution in [-0.2, 0) is 10.4 Å². The predicted octanol–water partition coefficient (Wildman–Crippen LogP) is -0.722. The van der Waals surface area contributed by atoms with Crippen LogP contribution in [0.1, 0.15) is 0 Å². The molecule has 2 heterocycles. The molecule has 6 N–H and O–H groups in total. The fraction of sp³-hybridized carbons (Fsp3) is 0. The third kappa shape index (κ3) is 1.16. The van der Waals surface area contributed by atoms with E-state index in [2.05, 4.69) is 8.37 Å². The summed E-state index contributed by atoms with van der Waals surface area (Å²) in [5.41, 5.74) is 10.1. The summed E-state index contributed by atoms with van der Waals surface area (Å²) in [6, 6.07) is 0. The Hall–Kier alpha value is -2.03. The Bertz CT molecular complexity index is 479. The minimum absolute atomic E-state index is 0.318. The van der Waals surface area contributed by atoms with E-state index >= 15 is 0 Å². The summed E-state index contributed by atoms with van der Waals surface area (Å²) in [4.78, 5) is 0. The number of nitrogens with two attached hydrogens (primary N) is 2. The van der Waals surface area contributed by atoms with Gasteiger partial charge in [0.25, 0.3) is 0 Å². The van der Waals surface area contributed by atoms with Crippen LogP contribution < -0.4 is 19.8 Å². The van der Waals surface area contributed by atoms with Gasteiger partial charge in [0.2, 0.25) is 23.0 Å². The van der Waals surface area contributed by atoms with Gasteiger partial charge in [-0.15, -0.1) is 8.42 Å². The zero-order valence-corrected chi connectivity index (χ0v) is 7.91. The van der Waals surface area contributed by atoms with E-state index in [1.807, 2.05) is 0 Å². The fourth-order valence-corrected chi connectivity index (χ4v) is 1.88. The summed E-state index contributed by atoms with van der Waals surface area (Å²) in [7, 11) is -4.42. The zero-order valence-electron chi connectivity index (χ0n) is 7.09. The van der Waals surface area contributed by atoms with Crippen molar-refractivity contribution < 1.29 is 27.0 Å². The maximum absolute atomic E-state index is 11.0. The number of aromatic hydroxyl groups is 2. The molecule has 0 atom stereocenters. The molecule has 2 bridgehead atoms. The number of hydrogen-bond donors (Lipinski definition) is 4. The van der Waals surface area contributed by atoms with Crippen LogP contribution in [0.15, 0.2) is 0 Å². The van der Waals surface area contributed by atoms with Crippen molar-refractivity contribution >= 4 is 21.8 Å². The van der Waals surface area contributed by atoms with E-state index < -0.39 is 33.4 Å². The van der Waals surface area contributed by atoms with Gasteiger partial charge < -0.3 is 30.0 Å². The van der Waals surface area contributed by atoms with Gasteiger partial charge in [0.1, 0.15) is 11.4 Å². The second-order valence-corrected chi connectivity index (χ2v) is 3.91. The van der Waals surface area contributed by atoms with Crippen molar-refractivity contribution in [2.45, 2.75) is 0 Å². The third-order valence-electron chi connectivity index (χ3n) is 1.80. The van der Waals surface area contributed by atoms with Crippen LogP contribution in [0.4, 0.5) is 11.4 Å². The van der Waals surface area contributed by atoms with Gasteiger partial charge in [0.15, 0.2) is 0 Å². The Morgan fingerprint density at radius 1 is 0.933 bits per heavy atom. The van der Waals surface area contributed by atoms with Crippen molar-refractivity contribution in [3.05, 3.63) is 0 Å². The molecule has 0 radical (unpaired) electrons. The summed E-state index contributed by atoms with van der Waals surface area (Å²) in [6.07, 6.45) is 0. The van der Waals surface area contributed by atoms with Crippen LogP contribution in [0.5, 0.6) is 23.0 Å². The number of nitrogen functional groups attached to an aromatic ring is 2. The lowest BCUT2D eigenvalue weighted by Gasteiger charge is -2.06. The Kier molecular flexibility index (Phi) is 1.59. The second-order valence-electron chi connectivity index (χ2n) is 2.76. The average molecular weight is 234 g/mol. The molecule has 8 nitrogen and oxygen atoms in total. The molecule has 2 aliphatic rings. The number of fused-ring (bicyclic) bond motifs is 4. The lowest BCUT2D eigenvalue weighted by atomic mass is 10.2. The third-order valence-corrected chi connectivity index (χ3v) is 2.55. The molecule has 0 saturated carbocycles. The van der Waals surface area contributed by atoms with Gasteiger partial charge in [-0.05, 0) is 0 Å². The minimum Gasteiger partial charge on any atom is -0.502 e. The summed E-state index contributed by atoms with van der Waals surface area (Å²) in [6.45, 7) is 0. The predicted molar refractivity (Wildman–Crippen MR) is 48.8 cm³/mol. The van der Waals surface area contributed by atoms with Crippen LogP contribution in [0, 0.1) is 0 Å². The standard InChI is InChI=1S/C6H6N2O6S/c7-1-2(8)6-4(10)3(9)5(1)13-15(11,12)14-6/h9-10H,7-8H2. The Balaban J connectivity index is 2.90. The van der Waals surface area contributed by atoms with Crippen LogP contribution in [0.25, 0.3) is 0 Å².